The lowest BCUT2D eigenvalue weighted by Crippen LogP contribution is -2.48. The second-order valence-corrected chi connectivity index (χ2v) is 4.95. The third kappa shape index (κ3) is 3.07. The summed E-state index contributed by atoms with van der Waals surface area (Å²) in [6.07, 6.45) is 0.900. The number of rotatable bonds is 4. The van der Waals surface area contributed by atoms with Crippen LogP contribution in [0.3, 0.4) is 0 Å². The smallest absolute Gasteiger partial charge is 0.244 e. The van der Waals surface area contributed by atoms with Crippen LogP contribution < -0.4 is 5.73 Å². The highest BCUT2D eigenvalue weighted by Crippen LogP contribution is 2.21. The van der Waals surface area contributed by atoms with Crippen molar-refractivity contribution >= 4 is 5.91 Å². The zero-order valence-corrected chi connectivity index (χ0v) is 11.1. The van der Waals surface area contributed by atoms with E-state index >= 15 is 0 Å². The molecule has 1 atom stereocenters. The molecule has 0 unspecified atom stereocenters. The molecule has 0 saturated carbocycles. The molecule has 0 fully saturated rings. The van der Waals surface area contributed by atoms with E-state index < -0.39 is 6.04 Å². The summed E-state index contributed by atoms with van der Waals surface area (Å²) in [5, 5.41) is 0. The fraction of sp³-hybridized carbons (Fsp3) is 0.500. The quantitative estimate of drug-likeness (QED) is 0.869. The van der Waals surface area contributed by atoms with Crippen molar-refractivity contribution in [3.63, 3.8) is 0 Å². The summed E-state index contributed by atoms with van der Waals surface area (Å²) in [6.45, 7) is 6.16. The van der Waals surface area contributed by atoms with E-state index in [0.717, 1.165) is 12.0 Å². The molecule has 94 valence electrons. The standard InChI is InChI=1S/C14H22N2O/c1-5-14(2,3)16(4)13(17)12(15)11-9-7-6-8-10-11/h6-10,12H,5,15H2,1-4H3/t12-/m1/s1. The van der Waals surface area contributed by atoms with E-state index in [0.29, 0.717) is 0 Å². The Morgan fingerprint density at radius 3 is 2.35 bits per heavy atom. The van der Waals surface area contributed by atoms with Gasteiger partial charge in [0.15, 0.2) is 0 Å². The predicted octanol–water partition coefficient (Wildman–Crippen LogP) is 2.33. The molecule has 0 bridgehead atoms. The second kappa shape index (κ2) is 5.32. The van der Waals surface area contributed by atoms with Gasteiger partial charge < -0.3 is 10.6 Å². The van der Waals surface area contributed by atoms with E-state index in [-0.39, 0.29) is 11.4 Å². The Kier molecular flexibility index (Phi) is 4.29. The zero-order chi connectivity index (χ0) is 13.1. The number of hydrogen-bond donors (Lipinski definition) is 1. The predicted molar refractivity (Wildman–Crippen MR) is 70.5 cm³/mol. The Labute approximate surface area is 104 Å². The fourth-order valence-electron chi connectivity index (χ4n) is 1.55. The van der Waals surface area contributed by atoms with Crippen LogP contribution in [0.4, 0.5) is 0 Å². The average molecular weight is 234 g/mol. The van der Waals surface area contributed by atoms with Crippen LogP contribution in [0.2, 0.25) is 0 Å². The number of hydrogen-bond acceptors (Lipinski definition) is 2. The van der Waals surface area contributed by atoms with Crippen molar-refractivity contribution < 1.29 is 4.79 Å². The molecular formula is C14H22N2O. The highest BCUT2D eigenvalue weighted by atomic mass is 16.2. The fourth-order valence-corrected chi connectivity index (χ4v) is 1.55. The summed E-state index contributed by atoms with van der Waals surface area (Å²) in [5.74, 6) is -0.0388. The molecule has 0 spiro atoms. The molecule has 3 heteroatoms. The van der Waals surface area contributed by atoms with Crippen LogP contribution in [0.15, 0.2) is 30.3 Å². The van der Waals surface area contributed by atoms with Gasteiger partial charge in [-0.1, -0.05) is 37.3 Å². The summed E-state index contributed by atoms with van der Waals surface area (Å²) < 4.78 is 0. The first kappa shape index (κ1) is 13.7. The monoisotopic (exact) mass is 234 g/mol. The minimum absolute atomic E-state index is 0.0388. The Hall–Kier alpha value is -1.35. The first-order valence-corrected chi connectivity index (χ1v) is 5.98. The van der Waals surface area contributed by atoms with Crippen molar-refractivity contribution in [3.05, 3.63) is 35.9 Å². The first-order chi connectivity index (χ1) is 7.90. The Morgan fingerprint density at radius 2 is 1.88 bits per heavy atom. The highest BCUT2D eigenvalue weighted by molar-refractivity contribution is 5.83. The lowest BCUT2D eigenvalue weighted by molar-refractivity contribution is -0.136. The van der Waals surface area contributed by atoms with Crippen LogP contribution >= 0.6 is 0 Å². The van der Waals surface area contributed by atoms with Crippen molar-refractivity contribution in [1.82, 2.24) is 4.90 Å². The third-order valence-electron chi connectivity index (χ3n) is 3.53. The van der Waals surface area contributed by atoms with E-state index in [1.165, 1.54) is 0 Å². The normalized spacial score (nSPS) is 13.2. The van der Waals surface area contributed by atoms with Gasteiger partial charge in [0.1, 0.15) is 6.04 Å². The lowest BCUT2D eigenvalue weighted by atomic mass is 9.97. The summed E-state index contributed by atoms with van der Waals surface area (Å²) in [7, 11) is 1.81. The summed E-state index contributed by atoms with van der Waals surface area (Å²) in [6, 6.07) is 8.90. The van der Waals surface area contributed by atoms with Crippen LogP contribution in [-0.4, -0.2) is 23.4 Å². The number of carbonyl (C=O) groups excluding carboxylic acids is 1. The average Bonchev–Trinajstić information content (AvgIpc) is 2.37. The van der Waals surface area contributed by atoms with Gasteiger partial charge in [-0.05, 0) is 25.8 Å². The summed E-state index contributed by atoms with van der Waals surface area (Å²) in [4.78, 5) is 14.0. The number of amides is 1. The van der Waals surface area contributed by atoms with Gasteiger partial charge in [0.25, 0.3) is 0 Å². The lowest BCUT2D eigenvalue weighted by Gasteiger charge is -2.36. The number of nitrogens with two attached hydrogens (primary N) is 1. The number of nitrogens with zero attached hydrogens (tertiary/aromatic N) is 1. The maximum Gasteiger partial charge on any atom is 0.244 e. The molecule has 0 heterocycles. The van der Waals surface area contributed by atoms with E-state index in [4.69, 9.17) is 5.73 Å². The molecular weight excluding hydrogens is 212 g/mol. The van der Waals surface area contributed by atoms with Crippen molar-refractivity contribution in [2.45, 2.75) is 38.8 Å². The van der Waals surface area contributed by atoms with Crippen molar-refractivity contribution in [2.24, 2.45) is 5.73 Å². The second-order valence-electron chi connectivity index (χ2n) is 4.95. The van der Waals surface area contributed by atoms with Gasteiger partial charge in [-0.3, -0.25) is 4.79 Å². The van der Waals surface area contributed by atoms with Gasteiger partial charge in [-0.15, -0.1) is 0 Å². The maximum atomic E-state index is 12.2. The van der Waals surface area contributed by atoms with Crippen LogP contribution in [0.25, 0.3) is 0 Å². The van der Waals surface area contributed by atoms with Gasteiger partial charge in [-0.2, -0.15) is 0 Å². The molecule has 0 aliphatic heterocycles. The van der Waals surface area contributed by atoms with Crippen LogP contribution in [-0.2, 0) is 4.79 Å². The highest BCUT2D eigenvalue weighted by Gasteiger charge is 2.29. The molecule has 0 saturated heterocycles. The molecule has 1 rings (SSSR count). The van der Waals surface area contributed by atoms with E-state index in [9.17, 15) is 4.79 Å². The van der Waals surface area contributed by atoms with Gasteiger partial charge in [0.05, 0.1) is 0 Å². The van der Waals surface area contributed by atoms with Gasteiger partial charge >= 0.3 is 0 Å². The molecule has 0 aliphatic rings. The number of carbonyl (C=O) groups is 1. The molecule has 1 aromatic rings. The van der Waals surface area contributed by atoms with E-state index in [2.05, 4.69) is 6.92 Å². The third-order valence-corrected chi connectivity index (χ3v) is 3.53. The Bertz CT molecular complexity index is 373. The molecule has 2 N–H and O–H groups in total. The molecule has 0 aromatic heterocycles. The van der Waals surface area contributed by atoms with Crippen LogP contribution in [0, 0.1) is 0 Å². The number of benzene rings is 1. The molecule has 0 radical (unpaired) electrons. The molecule has 17 heavy (non-hydrogen) atoms. The zero-order valence-electron chi connectivity index (χ0n) is 11.1. The van der Waals surface area contributed by atoms with Crippen molar-refractivity contribution in [2.75, 3.05) is 7.05 Å². The van der Waals surface area contributed by atoms with Gasteiger partial charge in [0.2, 0.25) is 5.91 Å². The topological polar surface area (TPSA) is 46.3 Å². The largest absolute Gasteiger partial charge is 0.339 e. The molecule has 1 aromatic carbocycles. The molecule has 1 amide bonds. The summed E-state index contributed by atoms with van der Waals surface area (Å²) >= 11 is 0. The SMILES string of the molecule is CCC(C)(C)N(C)C(=O)[C@H](N)c1ccccc1. The van der Waals surface area contributed by atoms with Crippen LogP contribution in [0.1, 0.15) is 38.8 Å². The van der Waals surface area contributed by atoms with Crippen molar-refractivity contribution in [1.29, 1.82) is 0 Å². The number of likely N-dealkylation sites (N-methyl/N-ethyl adjacent to an activating group) is 1. The first-order valence-electron chi connectivity index (χ1n) is 5.98. The van der Waals surface area contributed by atoms with Gasteiger partial charge in [-0.25, -0.2) is 0 Å². The Morgan fingerprint density at radius 1 is 1.35 bits per heavy atom. The molecule has 0 aliphatic carbocycles. The van der Waals surface area contributed by atoms with E-state index in [1.807, 2.05) is 51.2 Å². The minimum Gasteiger partial charge on any atom is -0.339 e. The van der Waals surface area contributed by atoms with Gasteiger partial charge in [0, 0.05) is 12.6 Å². The minimum atomic E-state index is -0.577. The summed E-state index contributed by atoms with van der Waals surface area (Å²) in [5.41, 5.74) is 6.69. The van der Waals surface area contributed by atoms with Crippen molar-refractivity contribution in [3.8, 4) is 0 Å². The van der Waals surface area contributed by atoms with E-state index in [1.54, 1.807) is 4.90 Å². The molecule has 3 nitrogen and oxygen atoms in total. The maximum absolute atomic E-state index is 12.2. The van der Waals surface area contributed by atoms with Crippen LogP contribution in [0.5, 0.6) is 0 Å². The Balaban J connectivity index is 2.84.